The van der Waals surface area contributed by atoms with E-state index in [1.54, 1.807) is 18.9 Å². The molecule has 5 rings (SSSR count). The van der Waals surface area contributed by atoms with Gasteiger partial charge in [-0.3, -0.25) is 8.97 Å². The van der Waals surface area contributed by atoms with E-state index in [1.165, 1.54) is 32.1 Å². The summed E-state index contributed by atoms with van der Waals surface area (Å²) in [6.45, 7) is 4.09. The van der Waals surface area contributed by atoms with Crippen molar-refractivity contribution >= 4 is 17.5 Å². The van der Waals surface area contributed by atoms with Crippen LogP contribution in [0.25, 0.3) is 17.2 Å². The van der Waals surface area contributed by atoms with E-state index in [1.807, 2.05) is 19.1 Å². The SMILES string of the molecule is COc1ccc(-c2nnc(SCc3cn4c(C)cc(C)nc4n3)n2C2CCCCC2)cc1. The molecule has 4 aromatic rings. The molecular weight excluding hydrogens is 420 g/mol. The molecule has 166 valence electrons. The van der Waals surface area contributed by atoms with Crippen LogP contribution in [0.2, 0.25) is 0 Å². The summed E-state index contributed by atoms with van der Waals surface area (Å²) in [4.78, 5) is 9.30. The Morgan fingerprint density at radius 1 is 1.03 bits per heavy atom. The third kappa shape index (κ3) is 4.11. The molecule has 0 unspecified atom stereocenters. The number of hydrogen-bond acceptors (Lipinski definition) is 6. The van der Waals surface area contributed by atoms with Gasteiger partial charge in [0.2, 0.25) is 5.78 Å². The predicted molar refractivity (Wildman–Crippen MR) is 126 cm³/mol. The Morgan fingerprint density at radius 3 is 2.56 bits per heavy atom. The third-order valence-electron chi connectivity index (χ3n) is 6.11. The van der Waals surface area contributed by atoms with Crippen LogP contribution in [0.15, 0.2) is 41.7 Å². The molecule has 1 fully saturated rings. The van der Waals surface area contributed by atoms with E-state index in [0.717, 1.165) is 50.9 Å². The molecule has 1 saturated carbocycles. The van der Waals surface area contributed by atoms with Gasteiger partial charge in [0.05, 0.1) is 12.8 Å². The van der Waals surface area contributed by atoms with E-state index in [-0.39, 0.29) is 0 Å². The lowest BCUT2D eigenvalue weighted by Crippen LogP contribution is -2.15. The Hall–Kier alpha value is -2.87. The largest absolute Gasteiger partial charge is 0.497 e. The molecule has 0 atom stereocenters. The van der Waals surface area contributed by atoms with E-state index in [4.69, 9.17) is 9.72 Å². The number of ether oxygens (including phenoxy) is 1. The Kier molecular flexibility index (Phi) is 5.87. The predicted octanol–water partition coefficient (Wildman–Crippen LogP) is 5.41. The molecule has 0 N–H and O–H groups in total. The van der Waals surface area contributed by atoms with Crippen LogP contribution >= 0.6 is 11.8 Å². The molecule has 0 spiro atoms. The third-order valence-corrected chi connectivity index (χ3v) is 7.09. The highest BCUT2D eigenvalue weighted by Gasteiger charge is 2.24. The first-order chi connectivity index (χ1) is 15.6. The number of hydrogen-bond donors (Lipinski definition) is 0. The number of aryl methyl sites for hydroxylation is 2. The minimum absolute atomic E-state index is 0.436. The average molecular weight is 449 g/mol. The second-order valence-electron chi connectivity index (χ2n) is 8.43. The standard InChI is InChI=1S/C24H28N6OS/c1-16-13-17(2)29-14-19(26-23(29)25-16)15-32-24-28-27-22(18-9-11-21(31-3)12-10-18)30(24)20-7-5-4-6-8-20/h9-14,20H,4-8,15H2,1-3H3. The van der Waals surface area contributed by atoms with Gasteiger partial charge in [-0.05, 0) is 57.0 Å². The molecule has 0 radical (unpaired) electrons. The van der Waals surface area contributed by atoms with Crippen LogP contribution in [0.5, 0.6) is 5.75 Å². The smallest absolute Gasteiger partial charge is 0.234 e. The van der Waals surface area contributed by atoms with Crippen molar-refractivity contribution in [2.45, 2.75) is 62.9 Å². The van der Waals surface area contributed by atoms with Crippen molar-refractivity contribution in [3.8, 4) is 17.1 Å². The number of nitrogens with zero attached hydrogens (tertiary/aromatic N) is 6. The quantitative estimate of drug-likeness (QED) is 0.367. The van der Waals surface area contributed by atoms with E-state index in [9.17, 15) is 0 Å². The van der Waals surface area contributed by atoms with Gasteiger partial charge in [0, 0.05) is 34.9 Å². The van der Waals surface area contributed by atoms with Crippen LogP contribution < -0.4 is 4.74 Å². The molecule has 0 aliphatic heterocycles. The number of thioether (sulfide) groups is 1. The molecule has 7 nitrogen and oxygen atoms in total. The first-order valence-corrected chi connectivity index (χ1v) is 12.2. The van der Waals surface area contributed by atoms with Gasteiger partial charge in [-0.15, -0.1) is 10.2 Å². The van der Waals surface area contributed by atoms with Crippen molar-refractivity contribution in [3.05, 3.63) is 53.6 Å². The normalized spacial score (nSPS) is 14.8. The van der Waals surface area contributed by atoms with Crippen LogP contribution in [-0.4, -0.2) is 36.2 Å². The van der Waals surface area contributed by atoms with Gasteiger partial charge < -0.3 is 4.74 Å². The highest BCUT2D eigenvalue weighted by molar-refractivity contribution is 7.98. The zero-order valence-electron chi connectivity index (χ0n) is 18.8. The second kappa shape index (κ2) is 8.94. The maximum absolute atomic E-state index is 5.32. The van der Waals surface area contributed by atoms with Crippen LogP contribution in [-0.2, 0) is 5.75 Å². The van der Waals surface area contributed by atoms with Crippen molar-refractivity contribution in [3.63, 3.8) is 0 Å². The zero-order valence-corrected chi connectivity index (χ0v) is 19.6. The van der Waals surface area contributed by atoms with E-state index < -0.39 is 0 Å². The molecule has 0 saturated heterocycles. The number of methoxy groups -OCH3 is 1. The summed E-state index contributed by atoms with van der Waals surface area (Å²) in [5.41, 5.74) is 4.20. The lowest BCUT2D eigenvalue weighted by atomic mass is 9.95. The summed E-state index contributed by atoms with van der Waals surface area (Å²) in [6, 6.07) is 10.6. The number of aromatic nitrogens is 6. The minimum Gasteiger partial charge on any atom is -0.497 e. The first-order valence-electron chi connectivity index (χ1n) is 11.2. The fourth-order valence-electron chi connectivity index (χ4n) is 4.51. The van der Waals surface area contributed by atoms with E-state index in [0.29, 0.717) is 6.04 Å². The van der Waals surface area contributed by atoms with Crippen LogP contribution in [0.4, 0.5) is 0 Å². The van der Waals surface area contributed by atoms with Gasteiger partial charge >= 0.3 is 0 Å². The van der Waals surface area contributed by atoms with Gasteiger partial charge in [0.15, 0.2) is 11.0 Å². The Bertz CT molecular complexity index is 1220. The fourth-order valence-corrected chi connectivity index (χ4v) is 5.40. The Labute approximate surface area is 192 Å². The fraction of sp³-hybridized carbons (Fsp3) is 0.417. The second-order valence-corrected chi connectivity index (χ2v) is 9.37. The van der Waals surface area contributed by atoms with Crippen molar-refractivity contribution in [2.75, 3.05) is 7.11 Å². The summed E-state index contributed by atoms with van der Waals surface area (Å²) in [7, 11) is 1.69. The van der Waals surface area contributed by atoms with Gasteiger partial charge in [0.25, 0.3) is 0 Å². The lowest BCUT2D eigenvalue weighted by molar-refractivity contribution is 0.339. The molecule has 1 aromatic carbocycles. The zero-order chi connectivity index (χ0) is 22.1. The van der Waals surface area contributed by atoms with Crippen molar-refractivity contribution in [1.82, 2.24) is 29.1 Å². The van der Waals surface area contributed by atoms with E-state index >= 15 is 0 Å². The maximum Gasteiger partial charge on any atom is 0.234 e. The van der Waals surface area contributed by atoms with Crippen molar-refractivity contribution in [2.24, 2.45) is 0 Å². The summed E-state index contributed by atoms with van der Waals surface area (Å²) in [5.74, 6) is 3.27. The highest BCUT2D eigenvalue weighted by atomic mass is 32.2. The molecule has 1 aliphatic rings. The number of fused-ring (bicyclic) bond motifs is 1. The van der Waals surface area contributed by atoms with Crippen LogP contribution in [0.3, 0.4) is 0 Å². The Morgan fingerprint density at radius 2 is 1.81 bits per heavy atom. The highest BCUT2D eigenvalue weighted by Crippen LogP contribution is 2.36. The number of imidazole rings is 1. The summed E-state index contributed by atoms with van der Waals surface area (Å²) >= 11 is 1.70. The van der Waals surface area contributed by atoms with Crippen molar-refractivity contribution in [1.29, 1.82) is 0 Å². The number of benzene rings is 1. The van der Waals surface area contributed by atoms with Gasteiger partial charge in [-0.1, -0.05) is 31.0 Å². The molecule has 1 aliphatic carbocycles. The van der Waals surface area contributed by atoms with Crippen LogP contribution in [0, 0.1) is 13.8 Å². The topological polar surface area (TPSA) is 70.1 Å². The van der Waals surface area contributed by atoms with Crippen molar-refractivity contribution < 1.29 is 4.74 Å². The number of rotatable bonds is 6. The van der Waals surface area contributed by atoms with Gasteiger partial charge in [-0.2, -0.15) is 0 Å². The average Bonchev–Trinajstić information content (AvgIpc) is 3.42. The molecule has 0 amide bonds. The van der Waals surface area contributed by atoms with Gasteiger partial charge in [-0.25, -0.2) is 9.97 Å². The summed E-state index contributed by atoms with van der Waals surface area (Å²) in [5, 5.41) is 10.2. The molecule has 32 heavy (non-hydrogen) atoms. The molecule has 3 heterocycles. The molecule has 3 aromatic heterocycles. The lowest BCUT2D eigenvalue weighted by Gasteiger charge is -2.25. The van der Waals surface area contributed by atoms with E-state index in [2.05, 4.69) is 55.5 Å². The molecule has 0 bridgehead atoms. The summed E-state index contributed by atoms with van der Waals surface area (Å²) in [6.07, 6.45) is 8.25. The Balaban J connectivity index is 1.45. The molecule has 8 heteroatoms. The molecular formula is C24H28N6OS. The summed E-state index contributed by atoms with van der Waals surface area (Å²) < 4.78 is 9.73. The monoisotopic (exact) mass is 448 g/mol. The van der Waals surface area contributed by atoms with Gasteiger partial charge in [0.1, 0.15) is 5.75 Å². The minimum atomic E-state index is 0.436. The maximum atomic E-state index is 5.32. The van der Waals surface area contributed by atoms with Crippen LogP contribution in [0.1, 0.15) is 55.2 Å². The first kappa shape index (κ1) is 21.0.